The SMILES string of the molecule is CCOC(=O)C(c1nc2c(OCc3ccccc3)nc(N)nc2[nH]c1=O)C(C)(O)C(=O)OC. The highest BCUT2D eigenvalue weighted by Crippen LogP contribution is 2.30. The molecule has 0 spiro atoms. The number of anilines is 1. The molecule has 2 atom stereocenters. The number of ether oxygens (including phenoxy) is 3. The third-order valence-corrected chi connectivity index (χ3v) is 4.74. The molecule has 0 fully saturated rings. The number of nitrogens with two attached hydrogens (primary N) is 1. The lowest BCUT2D eigenvalue weighted by Crippen LogP contribution is -2.48. The molecule has 2 heterocycles. The second kappa shape index (κ2) is 9.61. The number of carbonyl (C=O) groups is 2. The number of hydrogen-bond donors (Lipinski definition) is 3. The number of benzene rings is 1. The summed E-state index contributed by atoms with van der Waals surface area (Å²) in [4.78, 5) is 52.3. The topological polar surface area (TPSA) is 180 Å². The van der Waals surface area contributed by atoms with Crippen LogP contribution in [0.2, 0.25) is 0 Å². The summed E-state index contributed by atoms with van der Waals surface area (Å²) < 4.78 is 15.3. The number of esters is 2. The Balaban J connectivity index is 2.15. The van der Waals surface area contributed by atoms with Crippen molar-refractivity contribution in [2.75, 3.05) is 19.5 Å². The quantitative estimate of drug-likeness (QED) is 0.400. The Morgan fingerprint density at radius 2 is 1.91 bits per heavy atom. The van der Waals surface area contributed by atoms with Gasteiger partial charge in [0.05, 0.1) is 13.7 Å². The number of carbonyl (C=O) groups excluding carboxylic acids is 2. The zero-order chi connectivity index (χ0) is 24.2. The van der Waals surface area contributed by atoms with Gasteiger partial charge in [0, 0.05) is 0 Å². The summed E-state index contributed by atoms with van der Waals surface area (Å²) in [5.41, 5.74) is 2.60. The summed E-state index contributed by atoms with van der Waals surface area (Å²) in [7, 11) is 1.03. The van der Waals surface area contributed by atoms with E-state index in [9.17, 15) is 19.5 Å². The first-order valence-corrected chi connectivity index (χ1v) is 9.90. The van der Waals surface area contributed by atoms with Gasteiger partial charge in [-0.3, -0.25) is 9.59 Å². The van der Waals surface area contributed by atoms with Crippen LogP contribution in [0.3, 0.4) is 0 Å². The summed E-state index contributed by atoms with van der Waals surface area (Å²) in [5.74, 6) is -4.26. The first-order valence-electron chi connectivity index (χ1n) is 9.90. The lowest BCUT2D eigenvalue weighted by atomic mass is 9.86. The van der Waals surface area contributed by atoms with Crippen LogP contribution in [0.1, 0.15) is 31.0 Å². The first-order chi connectivity index (χ1) is 15.7. The van der Waals surface area contributed by atoms with Gasteiger partial charge in [-0.05, 0) is 19.4 Å². The van der Waals surface area contributed by atoms with Crippen molar-refractivity contribution < 1.29 is 28.9 Å². The molecule has 12 nitrogen and oxygen atoms in total. The molecule has 0 bridgehead atoms. The maximum Gasteiger partial charge on any atom is 0.338 e. The molecule has 174 valence electrons. The van der Waals surface area contributed by atoms with Crippen molar-refractivity contribution in [2.45, 2.75) is 32.0 Å². The van der Waals surface area contributed by atoms with E-state index in [1.807, 2.05) is 30.3 Å². The molecule has 0 radical (unpaired) electrons. The molecule has 1 aromatic carbocycles. The summed E-state index contributed by atoms with van der Waals surface area (Å²) in [6, 6.07) is 9.17. The minimum absolute atomic E-state index is 0.0373. The van der Waals surface area contributed by atoms with Crippen LogP contribution in [0, 0.1) is 0 Å². The van der Waals surface area contributed by atoms with E-state index in [-0.39, 0.29) is 36.2 Å². The third-order valence-electron chi connectivity index (χ3n) is 4.74. The summed E-state index contributed by atoms with van der Waals surface area (Å²) in [6.07, 6.45) is 0. The zero-order valence-corrected chi connectivity index (χ0v) is 18.2. The number of fused-ring (bicyclic) bond motifs is 1. The normalized spacial score (nSPS) is 13.7. The molecule has 33 heavy (non-hydrogen) atoms. The van der Waals surface area contributed by atoms with Crippen molar-refractivity contribution in [1.82, 2.24) is 19.9 Å². The predicted molar refractivity (Wildman–Crippen MR) is 115 cm³/mol. The average molecular weight is 457 g/mol. The van der Waals surface area contributed by atoms with Crippen molar-refractivity contribution in [3.05, 3.63) is 51.9 Å². The number of aliphatic hydroxyl groups is 1. The number of aromatic amines is 1. The molecule has 12 heteroatoms. The fourth-order valence-corrected chi connectivity index (χ4v) is 3.16. The molecule has 3 aromatic rings. The third kappa shape index (κ3) is 4.90. The van der Waals surface area contributed by atoms with Crippen LogP contribution >= 0.6 is 0 Å². The van der Waals surface area contributed by atoms with Crippen LogP contribution in [-0.2, 0) is 25.7 Å². The molecule has 3 rings (SSSR count). The van der Waals surface area contributed by atoms with E-state index in [0.29, 0.717) is 0 Å². The number of H-pyrrole nitrogens is 1. The molecular formula is C21H23N5O7. The van der Waals surface area contributed by atoms with Crippen molar-refractivity contribution in [3.63, 3.8) is 0 Å². The molecule has 0 amide bonds. The van der Waals surface area contributed by atoms with E-state index < -0.39 is 34.7 Å². The summed E-state index contributed by atoms with van der Waals surface area (Å²) in [5, 5.41) is 10.8. The Morgan fingerprint density at radius 1 is 1.21 bits per heavy atom. The molecule has 0 aliphatic rings. The largest absolute Gasteiger partial charge is 0.471 e. The zero-order valence-electron chi connectivity index (χ0n) is 18.2. The smallest absolute Gasteiger partial charge is 0.338 e. The van der Waals surface area contributed by atoms with Crippen LogP contribution < -0.4 is 16.0 Å². The van der Waals surface area contributed by atoms with E-state index >= 15 is 0 Å². The molecule has 2 aromatic heterocycles. The second-order valence-electron chi connectivity index (χ2n) is 7.13. The fraction of sp³-hybridized carbons (Fsp3) is 0.333. The van der Waals surface area contributed by atoms with E-state index in [4.69, 9.17) is 15.2 Å². The minimum atomic E-state index is -2.46. The number of methoxy groups -OCH3 is 1. The van der Waals surface area contributed by atoms with Gasteiger partial charge in [0.2, 0.25) is 11.8 Å². The van der Waals surface area contributed by atoms with E-state index in [2.05, 4.69) is 24.7 Å². The number of nitrogens with one attached hydrogen (secondary N) is 1. The van der Waals surface area contributed by atoms with Gasteiger partial charge in [-0.2, -0.15) is 9.97 Å². The standard InChI is InChI=1S/C21H23N5O7/c1-4-32-18(28)12(21(2,30)19(29)31-3)13-16(27)24-15-14(23-13)17(26-20(22)25-15)33-10-11-8-6-5-7-9-11/h5-9,12,30H,4,10H2,1-3H3,(H3,22,24,25,26,27). The van der Waals surface area contributed by atoms with E-state index in [1.54, 1.807) is 0 Å². The molecule has 4 N–H and O–H groups in total. The Kier molecular flexibility index (Phi) is 6.87. The van der Waals surface area contributed by atoms with Crippen molar-refractivity contribution in [2.24, 2.45) is 0 Å². The molecule has 0 aliphatic heterocycles. The monoisotopic (exact) mass is 457 g/mol. The predicted octanol–water partition coefficient (Wildman–Crippen LogP) is 0.445. The highest BCUT2D eigenvalue weighted by molar-refractivity contribution is 5.91. The van der Waals surface area contributed by atoms with Crippen molar-refractivity contribution in [3.8, 4) is 5.88 Å². The van der Waals surface area contributed by atoms with Gasteiger partial charge in [0.1, 0.15) is 18.2 Å². The van der Waals surface area contributed by atoms with E-state index in [0.717, 1.165) is 19.6 Å². The summed E-state index contributed by atoms with van der Waals surface area (Å²) >= 11 is 0. The van der Waals surface area contributed by atoms with Gasteiger partial charge >= 0.3 is 11.9 Å². The molecule has 0 aliphatic carbocycles. The minimum Gasteiger partial charge on any atom is -0.471 e. The lowest BCUT2D eigenvalue weighted by Gasteiger charge is -2.27. The van der Waals surface area contributed by atoms with Crippen LogP contribution in [0.15, 0.2) is 35.1 Å². The van der Waals surface area contributed by atoms with Gasteiger partial charge in [-0.1, -0.05) is 30.3 Å². The first kappa shape index (κ1) is 23.6. The van der Waals surface area contributed by atoms with Gasteiger partial charge in [-0.15, -0.1) is 0 Å². The number of nitrogen functional groups attached to an aromatic ring is 1. The van der Waals surface area contributed by atoms with E-state index in [1.165, 1.54) is 6.92 Å². The Bertz CT molecular complexity index is 1230. The number of aromatic nitrogens is 4. The number of nitrogens with zero attached hydrogens (tertiary/aromatic N) is 3. The Morgan fingerprint density at radius 3 is 2.55 bits per heavy atom. The fourth-order valence-electron chi connectivity index (χ4n) is 3.16. The van der Waals surface area contributed by atoms with Gasteiger partial charge in [0.15, 0.2) is 16.8 Å². The van der Waals surface area contributed by atoms with Gasteiger partial charge < -0.3 is 30.0 Å². The van der Waals surface area contributed by atoms with Crippen LogP contribution in [0.5, 0.6) is 5.88 Å². The van der Waals surface area contributed by atoms with Crippen molar-refractivity contribution >= 4 is 29.1 Å². The highest BCUT2D eigenvalue weighted by Gasteiger charge is 2.49. The molecule has 0 saturated carbocycles. The van der Waals surface area contributed by atoms with Crippen LogP contribution in [0.4, 0.5) is 5.95 Å². The van der Waals surface area contributed by atoms with Crippen molar-refractivity contribution in [1.29, 1.82) is 0 Å². The maximum atomic E-state index is 12.8. The van der Waals surface area contributed by atoms with Crippen LogP contribution in [-0.4, -0.2) is 56.3 Å². The Labute approximate surface area is 187 Å². The number of rotatable bonds is 8. The second-order valence-corrected chi connectivity index (χ2v) is 7.13. The number of hydrogen-bond acceptors (Lipinski definition) is 11. The molecular weight excluding hydrogens is 434 g/mol. The maximum absolute atomic E-state index is 12.8. The molecule has 2 unspecified atom stereocenters. The highest BCUT2D eigenvalue weighted by atomic mass is 16.5. The Hall–Kier alpha value is -4.06. The average Bonchev–Trinajstić information content (AvgIpc) is 2.78. The lowest BCUT2D eigenvalue weighted by molar-refractivity contribution is -0.171. The van der Waals surface area contributed by atoms with Gasteiger partial charge in [-0.25, -0.2) is 9.78 Å². The molecule has 0 saturated heterocycles. The van der Waals surface area contributed by atoms with Gasteiger partial charge in [0.25, 0.3) is 5.56 Å². The van der Waals surface area contributed by atoms with Crippen LogP contribution in [0.25, 0.3) is 11.2 Å². The summed E-state index contributed by atoms with van der Waals surface area (Å²) in [6.45, 7) is 2.59.